The van der Waals surface area contributed by atoms with E-state index < -0.39 is 23.4 Å². The predicted octanol–water partition coefficient (Wildman–Crippen LogP) is 1.77. The molecule has 0 fully saturated rings. The third kappa shape index (κ3) is 3.17. The van der Waals surface area contributed by atoms with Crippen LogP contribution in [-0.4, -0.2) is 31.3 Å². The standard InChI is InChI=1S/C11H14N2O4/c1-2-4-7(8(14)9(15)11(16)17)10-12-5-3-6-13-10/h3,5-7,14-15H,2,4H2,1H3,(H,16,17). The number of carboxylic acid groups (broad SMARTS) is 1. The van der Waals surface area contributed by atoms with Crippen molar-refractivity contribution in [3.05, 3.63) is 35.8 Å². The largest absolute Gasteiger partial charge is 0.507 e. The van der Waals surface area contributed by atoms with Crippen molar-refractivity contribution in [1.82, 2.24) is 9.97 Å². The number of allylic oxidation sites excluding steroid dienone is 1. The fraction of sp³-hybridized carbons (Fsp3) is 0.364. The van der Waals surface area contributed by atoms with Gasteiger partial charge in [0.15, 0.2) is 5.76 Å². The number of hydrogen-bond donors (Lipinski definition) is 3. The van der Waals surface area contributed by atoms with E-state index in [0.717, 1.165) is 0 Å². The molecule has 0 aliphatic heterocycles. The first-order valence-corrected chi connectivity index (χ1v) is 5.20. The maximum atomic E-state index is 10.6. The van der Waals surface area contributed by atoms with Crippen LogP contribution >= 0.6 is 0 Å². The average Bonchev–Trinajstić information content (AvgIpc) is 2.35. The normalized spacial score (nSPS) is 13.9. The van der Waals surface area contributed by atoms with E-state index in [1.54, 1.807) is 6.07 Å². The van der Waals surface area contributed by atoms with Crippen molar-refractivity contribution in [3.63, 3.8) is 0 Å². The molecule has 3 N–H and O–H groups in total. The molecule has 92 valence electrons. The summed E-state index contributed by atoms with van der Waals surface area (Å²) >= 11 is 0. The van der Waals surface area contributed by atoms with Gasteiger partial charge in [-0.25, -0.2) is 14.8 Å². The average molecular weight is 238 g/mol. The molecule has 0 aliphatic rings. The molecule has 1 aromatic rings. The van der Waals surface area contributed by atoms with Crippen LogP contribution in [0.4, 0.5) is 0 Å². The van der Waals surface area contributed by atoms with Gasteiger partial charge in [0.25, 0.3) is 0 Å². The van der Waals surface area contributed by atoms with Gasteiger partial charge >= 0.3 is 5.97 Å². The number of nitrogens with zero attached hydrogens (tertiary/aromatic N) is 2. The Morgan fingerprint density at radius 1 is 1.29 bits per heavy atom. The second-order valence-electron chi connectivity index (χ2n) is 3.49. The van der Waals surface area contributed by atoms with E-state index >= 15 is 0 Å². The molecule has 6 heteroatoms. The van der Waals surface area contributed by atoms with Gasteiger partial charge in [-0.2, -0.15) is 0 Å². The molecular weight excluding hydrogens is 224 g/mol. The van der Waals surface area contributed by atoms with Gasteiger partial charge in [-0.1, -0.05) is 13.3 Å². The van der Waals surface area contributed by atoms with E-state index in [1.807, 2.05) is 6.92 Å². The zero-order chi connectivity index (χ0) is 12.8. The summed E-state index contributed by atoms with van der Waals surface area (Å²) in [6.45, 7) is 1.88. The first kappa shape index (κ1) is 13.0. The highest BCUT2D eigenvalue weighted by atomic mass is 16.4. The molecule has 1 aromatic heterocycles. The van der Waals surface area contributed by atoms with Crippen molar-refractivity contribution in [3.8, 4) is 0 Å². The van der Waals surface area contributed by atoms with Gasteiger partial charge in [-0.3, -0.25) is 0 Å². The summed E-state index contributed by atoms with van der Waals surface area (Å²) in [5, 5.41) is 27.5. The van der Waals surface area contributed by atoms with Crippen LogP contribution in [0, 0.1) is 0 Å². The van der Waals surface area contributed by atoms with Crippen LogP contribution in [0.3, 0.4) is 0 Å². The highest BCUT2D eigenvalue weighted by Crippen LogP contribution is 2.26. The van der Waals surface area contributed by atoms with Crippen LogP contribution < -0.4 is 0 Å². The summed E-state index contributed by atoms with van der Waals surface area (Å²) in [6.07, 6.45) is 4.14. The van der Waals surface area contributed by atoms with Crippen LogP contribution in [0.15, 0.2) is 30.0 Å². The summed E-state index contributed by atoms with van der Waals surface area (Å²) in [7, 11) is 0. The first-order valence-electron chi connectivity index (χ1n) is 5.20. The Hall–Kier alpha value is -2.11. The van der Waals surface area contributed by atoms with Crippen molar-refractivity contribution < 1.29 is 20.1 Å². The number of aliphatic carboxylic acids is 1. The van der Waals surface area contributed by atoms with Crippen LogP contribution in [0.2, 0.25) is 0 Å². The maximum Gasteiger partial charge on any atom is 0.374 e. The number of aliphatic hydroxyl groups is 2. The molecule has 1 atom stereocenters. The lowest BCUT2D eigenvalue weighted by molar-refractivity contribution is -0.136. The second-order valence-corrected chi connectivity index (χ2v) is 3.49. The number of carboxylic acids is 1. The van der Waals surface area contributed by atoms with Crippen molar-refractivity contribution in [1.29, 1.82) is 0 Å². The Balaban J connectivity index is 3.10. The highest BCUT2D eigenvalue weighted by Gasteiger charge is 2.24. The Morgan fingerprint density at radius 3 is 2.35 bits per heavy atom. The van der Waals surface area contributed by atoms with E-state index in [1.165, 1.54) is 12.4 Å². The van der Waals surface area contributed by atoms with Crippen LogP contribution in [0.1, 0.15) is 31.5 Å². The van der Waals surface area contributed by atoms with Gasteiger partial charge in [0.1, 0.15) is 5.82 Å². The van der Waals surface area contributed by atoms with Crippen LogP contribution in [0.25, 0.3) is 0 Å². The van der Waals surface area contributed by atoms with E-state index in [-0.39, 0.29) is 0 Å². The fourth-order valence-corrected chi connectivity index (χ4v) is 1.44. The molecule has 17 heavy (non-hydrogen) atoms. The van der Waals surface area contributed by atoms with Gasteiger partial charge < -0.3 is 15.3 Å². The highest BCUT2D eigenvalue weighted by molar-refractivity contribution is 5.84. The number of rotatable bonds is 5. The van der Waals surface area contributed by atoms with Crippen molar-refractivity contribution in [2.45, 2.75) is 25.7 Å². The van der Waals surface area contributed by atoms with E-state index in [2.05, 4.69) is 9.97 Å². The Morgan fingerprint density at radius 2 is 1.88 bits per heavy atom. The molecule has 0 radical (unpaired) electrons. The SMILES string of the molecule is CCCC(C(O)=C(O)C(=O)O)c1ncccn1. The van der Waals surface area contributed by atoms with Crippen molar-refractivity contribution in [2.75, 3.05) is 0 Å². The lowest BCUT2D eigenvalue weighted by Crippen LogP contribution is -2.13. The minimum atomic E-state index is -1.57. The fourth-order valence-electron chi connectivity index (χ4n) is 1.44. The van der Waals surface area contributed by atoms with Crippen LogP contribution in [0.5, 0.6) is 0 Å². The van der Waals surface area contributed by atoms with Crippen molar-refractivity contribution in [2.24, 2.45) is 0 Å². The van der Waals surface area contributed by atoms with Crippen LogP contribution in [-0.2, 0) is 4.79 Å². The zero-order valence-electron chi connectivity index (χ0n) is 9.37. The first-order chi connectivity index (χ1) is 8.07. The minimum absolute atomic E-state index is 0.291. The molecule has 1 rings (SSSR count). The lowest BCUT2D eigenvalue weighted by Gasteiger charge is -2.14. The van der Waals surface area contributed by atoms with Gasteiger partial charge in [-0.15, -0.1) is 0 Å². The Bertz CT molecular complexity index is 417. The summed E-state index contributed by atoms with van der Waals surface area (Å²) in [5.74, 6) is -3.64. The molecule has 0 aromatic carbocycles. The summed E-state index contributed by atoms with van der Waals surface area (Å²) in [4.78, 5) is 18.5. The maximum absolute atomic E-state index is 10.6. The van der Waals surface area contributed by atoms with E-state index in [9.17, 15) is 15.0 Å². The minimum Gasteiger partial charge on any atom is -0.507 e. The number of carbonyl (C=O) groups is 1. The lowest BCUT2D eigenvalue weighted by atomic mass is 9.99. The molecule has 1 unspecified atom stereocenters. The molecule has 0 bridgehead atoms. The number of aromatic nitrogens is 2. The van der Waals surface area contributed by atoms with Gasteiger partial charge in [0, 0.05) is 12.4 Å². The molecule has 0 saturated heterocycles. The monoisotopic (exact) mass is 238 g/mol. The molecule has 6 nitrogen and oxygen atoms in total. The summed E-state index contributed by atoms with van der Waals surface area (Å²) in [5.41, 5.74) is 0. The molecule has 1 heterocycles. The quantitative estimate of drug-likeness (QED) is 0.533. The molecule has 0 amide bonds. The molecule has 0 aliphatic carbocycles. The van der Waals surface area contributed by atoms with E-state index in [4.69, 9.17) is 5.11 Å². The zero-order valence-corrected chi connectivity index (χ0v) is 9.37. The van der Waals surface area contributed by atoms with Gasteiger partial charge in [0.2, 0.25) is 5.76 Å². The smallest absolute Gasteiger partial charge is 0.374 e. The Labute approximate surface area is 98.3 Å². The van der Waals surface area contributed by atoms with Gasteiger partial charge in [0.05, 0.1) is 5.92 Å². The van der Waals surface area contributed by atoms with Gasteiger partial charge in [-0.05, 0) is 12.5 Å². The predicted molar refractivity (Wildman–Crippen MR) is 59.6 cm³/mol. The third-order valence-electron chi connectivity index (χ3n) is 2.25. The second kappa shape index (κ2) is 5.83. The topological polar surface area (TPSA) is 104 Å². The van der Waals surface area contributed by atoms with Crippen molar-refractivity contribution >= 4 is 5.97 Å². The molecule has 0 saturated carbocycles. The third-order valence-corrected chi connectivity index (χ3v) is 2.25. The summed E-state index contributed by atoms with van der Waals surface area (Å²) < 4.78 is 0. The molecular formula is C11H14N2O4. The van der Waals surface area contributed by atoms with E-state index in [0.29, 0.717) is 18.7 Å². The number of aliphatic hydroxyl groups excluding tert-OH is 2. The summed E-state index contributed by atoms with van der Waals surface area (Å²) in [6, 6.07) is 1.62. The number of hydrogen-bond acceptors (Lipinski definition) is 5. The molecule has 0 spiro atoms. The Kier molecular flexibility index (Phi) is 4.45.